The minimum Gasteiger partial charge on any atom is -0.272 e. The van der Waals surface area contributed by atoms with Crippen LogP contribution in [0.15, 0.2) is 47.6 Å². The van der Waals surface area contributed by atoms with Crippen molar-refractivity contribution < 1.29 is 9.18 Å². The van der Waals surface area contributed by atoms with Crippen LogP contribution >= 0.6 is 35.0 Å². The van der Waals surface area contributed by atoms with E-state index >= 15 is 0 Å². The molecule has 0 bridgehead atoms. The van der Waals surface area contributed by atoms with Crippen molar-refractivity contribution in [1.29, 1.82) is 0 Å². The van der Waals surface area contributed by atoms with Gasteiger partial charge in [-0.25, -0.2) is 9.82 Å². The highest BCUT2D eigenvalue weighted by Gasteiger charge is 2.05. The summed E-state index contributed by atoms with van der Waals surface area (Å²) in [5, 5.41) is 4.62. The Kier molecular flexibility index (Phi) is 6.89. The number of nitrogens with one attached hydrogen (secondary N) is 1. The molecule has 23 heavy (non-hydrogen) atoms. The summed E-state index contributed by atoms with van der Waals surface area (Å²) in [5.74, 6) is 0.0538. The number of hydrogen-bond acceptors (Lipinski definition) is 3. The summed E-state index contributed by atoms with van der Waals surface area (Å²) in [7, 11) is 0. The Morgan fingerprint density at radius 1 is 1.17 bits per heavy atom. The standard InChI is InChI=1S/C16H13Cl2FN2OS/c17-13-5-2-1-4-11(13)9-23-10-16(22)21-20-8-12-14(18)6-3-7-15(12)19/h1-8H,9-10H2,(H,21,22)/b20-8-. The molecule has 0 aliphatic heterocycles. The molecular weight excluding hydrogens is 358 g/mol. The van der Waals surface area contributed by atoms with Gasteiger partial charge in [-0.15, -0.1) is 11.8 Å². The molecule has 2 rings (SSSR count). The van der Waals surface area contributed by atoms with E-state index in [1.165, 1.54) is 30.1 Å². The molecule has 0 spiro atoms. The Balaban J connectivity index is 1.79. The van der Waals surface area contributed by atoms with Crippen molar-refractivity contribution in [3.63, 3.8) is 0 Å². The number of rotatable bonds is 6. The first-order chi connectivity index (χ1) is 11.1. The fraction of sp³-hybridized carbons (Fsp3) is 0.125. The van der Waals surface area contributed by atoms with Crippen LogP contribution in [0.4, 0.5) is 4.39 Å². The third kappa shape index (κ3) is 5.53. The Morgan fingerprint density at radius 2 is 1.91 bits per heavy atom. The number of halogens is 3. The fourth-order valence-electron chi connectivity index (χ4n) is 1.70. The maximum Gasteiger partial charge on any atom is 0.250 e. The molecule has 0 aliphatic carbocycles. The monoisotopic (exact) mass is 370 g/mol. The average Bonchev–Trinajstić information content (AvgIpc) is 2.52. The zero-order chi connectivity index (χ0) is 16.7. The first-order valence-corrected chi connectivity index (χ1v) is 8.56. The van der Waals surface area contributed by atoms with E-state index < -0.39 is 5.82 Å². The molecule has 0 unspecified atom stereocenters. The van der Waals surface area contributed by atoms with Gasteiger partial charge in [-0.1, -0.05) is 47.5 Å². The van der Waals surface area contributed by atoms with Crippen molar-refractivity contribution >= 4 is 47.1 Å². The quantitative estimate of drug-likeness (QED) is 0.599. The highest BCUT2D eigenvalue weighted by atomic mass is 35.5. The lowest BCUT2D eigenvalue weighted by molar-refractivity contribution is -0.118. The van der Waals surface area contributed by atoms with E-state index in [1.807, 2.05) is 18.2 Å². The number of amides is 1. The second kappa shape index (κ2) is 8.91. The number of hydrazone groups is 1. The van der Waals surface area contributed by atoms with Crippen LogP contribution in [0.5, 0.6) is 0 Å². The zero-order valence-corrected chi connectivity index (χ0v) is 14.3. The van der Waals surface area contributed by atoms with E-state index in [-0.39, 0.29) is 22.2 Å². The molecule has 2 aromatic carbocycles. The fourth-order valence-corrected chi connectivity index (χ4v) is 3.02. The van der Waals surface area contributed by atoms with Gasteiger partial charge in [-0.2, -0.15) is 5.10 Å². The van der Waals surface area contributed by atoms with E-state index in [4.69, 9.17) is 23.2 Å². The highest BCUT2D eigenvalue weighted by Crippen LogP contribution is 2.20. The maximum atomic E-state index is 13.5. The lowest BCUT2D eigenvalue weighted by atomic mass is 10.2. The van der Waals surface area contributed by atoms with E-state index in [2.05, 4.69) is 10.5 Å². The van der Waals surface area contributed by atoms with Gasteiger partial charge in [0.25, 0.3) is 0 Å². The third-order valence-corrected chi connectivity index (χ3v) is 4.51. The van der Waals surface area contributed by atoms with Crippen molar-refractivity contribution in [2.45, 2.75) is 5.75 Å². The topological polar surface area (TPSA) is 41.5 Å². The number of carbonyl (C=O) groups is 1. The molecule has 0 saturated heterocycles. The molecule has 0 aliphatic rings. The largest absolute Gasteiger partial charge is 0.272 e. The van der Waals surface area contributed by atoms with Gasteiger partial charge in [0.05, 0.1) is 17.0 Å². The van der Waals surface area contributed by atoms with Crippen LogP contribution in [0.3, 0.4) is 0 Å². The lowest BCUT2D eigenvalue weighted by Crippen LogP contribution is -2.19. The van der Waals surface area contributed by atoms with Gasteiger partial charge >= 0.3 is 0 Å². The normalized spacial score (nSPS) is 10.9. The minimum atomic E-state index is -0.497. The summed E-state index contributed by atoms with van der Waals surface area (Å²) in [6.45, 7) is 0. The predicted octanol–water partition coefficient (Wildman–Crippen LogP) is 4.52. The van der Waals surface area contributed by atoms with Gasteiger partial charge in [-0.05, 0) is 23.8 Å². The molecule has 0 radical (unpaired) electrons. The van der Waals surface area contributed by atoms with Gasteiger partial charge in [0.2, 0.25) is 5.91 Å². The molecular formula is C16H13Cl2FN2OS. The number of hydrogen-bond donors (Lipinski definition) is 1. The van der Waals surface area contributed by atoms with Crippen LogP contribution in [-0.2, 0) is 10.5 Å². The van der Waals surface area contributed by atoms with Gasteiger partial charge < -0.3 is 0 Å². The first-order valence-electron chi connectivity index (χ1n) is 6.65. The van der Waals surface area contributed by atoms with E-state index in [9.17, 15) is 9.18 Å². The van der Waals surface area contributed by atoms with Gasteiger partial charge in [-0.3, -0.25) is 4.79 Å². The van der Waals surface area contributed by atoms with Gasteiger partial charge in [0.15, 0.2) is 0 Å². The van der Waals surface area contributed by atoms with Gasteiger partial charge in [0, 0.05) is 16.3 Å². The molecule has 2 aromatic rings. The maximum absolute atomic E-state index is 13.5. The molecule has 1 amide bonds. The summed E-state index contributed by atoms with van der Waals surface area (Å²) in [4.78, 5) is 11.7. The number of thioether (sulfide) groups is 1. The van der Waals surface area contributed by atoms with Crippen LogP contribution in [0, 0.1) is 5.82 Å². The smallest absolute Gasteiger partial charge is 0.250 e. The SMILES string of the molecule is O=C(CSCc1ccccc1Cl)N/N=C\c1c(F)cccc1Cl. The second-order valence-electron chi connectivity index (χ2n) is 4.51. The van der Waals surface area contributed by atoms with Crippen molar-refractivity contribution in [3.8, 4) is 0 Å². The van der Waals surface area contributed by atoms with Crippen LogP contribution in [0.1, 0.15) is 11.1 Å². The molecule has 3 nitrogen and oxygen atoms in total. The summed E-state index contributed by atoms with van der Waals surface area (Å²) in [6, 6.07) is 11.8. The predicted molar refractivity (Wildman–Crippen MR) is 94.8 cm³/mol. The van der Waals surface area contributed by atoms with Crippen molar-refractivity contribution in [2.75, 3.05) is 5.75 Å². The van der Waals surface area contributed by atoms with E-state index in [0.29, 0.717) is 10.8 Å². The summed E-state index contributed by atoms with van der Waals surface area (Å²) in [5.41, 5.74) is 3.44. The van der Waals surface area contributed by atoms with Crippen LogP contribution in [0.25, 0.3) is 0 Å². The third-order valence-electron chi connectivity index (χ3n) is 2.83. The molecule has 0 saturated carbocycles. The summed E-state index contributed by atoms with van der Waals surface area (Å²) >= 11 is 13.3. The number of nitrogens with zero attached hydrogens (tertiary/aromatic N) is 1. The molecule has 0 aromatic heterocycles. The summed E-state index contributed by atoms with van der Waals surface area (Å²) in [6.07, 6.45) is 1.19. The molecule has 7 heteroatoms. The molecule has 0 atom stereocenters. The number of benzene rings is 2. The van der Waals surface area contributed by atoms with Gasteiger partial charge in [0.1, 0.15) is 5.82 Å². The van der Waals surface area contributed by atoms with Crippen molar-refractivity contribution in [1.82, 2.24) is 5.43 Å². The average molecular weight is 371 g/mol. The Hall–Kier alpha value is -1.56. The van der Waals surface area contributed by atoms with Crippen molar-refractivity contribution in [3.05, 3.63) is 69.5 Å². The zero-order valence-electron chi connectivity index (χ0n) is 11.9. The number of carbonyl (C=O) groups excluding carboxylic acids is 1. The Bertz CT molecular complexity index is 705. The summed E-state index contributed by atoms with van der Waals surface area (Å²) < 4.78 is 13.5. The Morgan fingerprint density at radius 3 is 2.65 bits per heavy atom. The van der Waals surface area contributed by atoms with E-state index in [0.717, 1.165) is 5.56 Å². The first kappa shape index (κ1) is 17.8. The van der Waals surface area contributed by atoms with Crippen LogP contribution in [-0.4, -0.2) is 17.9 Å². The molecule has 1 N–H and O–H groups in total. The molecule has 120 valence electrons. The molecule has 0 fully saturated rings. The Labute approximate surface area is 147 Å². The van der Waals surface area contributed by atoms with Crippen LogP contribution in [0.2, 0.25) is 10.0 Å². The van der Waals surface area contributed by atoms with Crippen LogP contribution < -0.4 is 5.43 Å². The van der Waals surface area contributed by atoms with Crippen molar-refractivity contribution in [2.24, 2.45) is 5.10 Å². The lowest BCUT2D eigenvalue weighted by Gasteiger charge is -2.03. The molecule has 0 heterocycles. The minimum absolute atomic E-state index is 0.137. The second-order valence-corrected chi connectivity index (χ2v) is 6.31. The highest BCUT2D eigenvalue weighted by molar-refractivity contribution is 7.99. The van der Waals surface area contributed by atoms with E-state index in [1.54, 1.807) is 12.1 Å².